The molecule has 0 spiro atoms. The maximum atomic E-state index is 5.86. The Morgan fingerprint density at radius 2 is 1.70 bits per heavy atom. The van der Waals surface area contributed by atoms with Crippen molar-refractivity contribution in [1.82, 2.24) is 0 Å². The summed E-state index contributed by atoms with van der Waals surface area (Å²) in [4.78, 5) is 0. The maximum absolute atomic E-state index is 5.86. The van der Waals surface area contributed by atoms with Gasteiger partial charge in [-0.3, -0.25) is 0 Å². The number of hydrogen-bond donors (Lipinski definition) is 1. The highest BCUT2D eigenvalue weighted by Crippen LogP contribution is 1.96. The number of halogens is 2. The van der Waals surface area contributed by atoms with Crippen molar-refractivity contribution < 1.29 is 17.0 Å². The highest BCUT2D eigenvalue weighted by atomic mass is 35.5. The largest absolute Gasteiger partial charge is 1.00 e. The molecule has 4 heteroatoms. The first kappa shape index (κ1) is 13.1. The molecule has 0 heterocycles. The molecule has 2 N–H and O–H groups in total. The second kappa shape index (κ2) is 6.23. The molecule has 0 aromatic heterocycles. The van der Waals surface area contributed by atoms with Crippen LogP contribution in [0.4, 0.5) is 0 Å². The molecule has 0 amide bonds. The molecular weight excluding hydrogens is 171 g/mol. The van der Waals surface area contributed by atoms with Gasteiger partial charge in [0, 0.05) is 0 Å². The molecule has 0 aromatic carbocycles. The molecule has 0 aliphatic rings. The first-order chi connectivity index (χ1) is 4.18. The topological polar surface area (TPSA) is 26.0 Å². The summed E-state index contributed by atoms with van der Waals surface area (Å²) in [7, 11) is 0. The van der Waals surface area contributed by atoms with Crippen molar-refractivity contribution in [2.75, 3.05) is 25.5 Å². The van der Waals surface area contributed by atoms with Gasteiger partial charge in [0.2, 0.25) is 0 Å². The summed E-state index contributed by atoms with van der Waals surface area (Å²) in [5, 5.41) is 0. The van der Waals surface area contributed by atoms with Crippen LogP contribution in [-0.2, 0) is 0 Å². The van der Waals surface area contributed by atoms with E-state index in [2.05, 4.69) is 13.8 Å². The minimum absolute atomic E-state index is 0. The fourth-order valence-electron chi connectivity index (χ4n) is 0.708. The van der Waals surface area contributed by atoms with Crippen LogP contribution >= 0.6 is 11.6 Å². The zero-order valence-corrected chi connectivity index (χ0v) is 8.12. The molecule has 0 bridgehead atoms. The Morgan fingerprint density at radius 3 is 1.80 bits per heavy atom. The van der Waals surface area contributed by atoms with Crippen LogP contribution in [0.1, 0.15) is 13.8 Å². The second-order valence-corrected chi connectivity index (χ2v) is 2.64. The van der Waals surface area contributed by atoms with Gasteiger partial charge in [0.25, 0.3) is 0 Å². The maximum Gasteiger partial charge on any atom is 0.110 e. The van der Waals surface area contributed by atoms with Gasteiger partial charge in [0.05, 0.1) is 19.0 Å². The number of rotatable bonds is 4. The van der Waals surface area contributed by atoms with Crippen molar-refractivity contribution in [2.45, 2.75) is 13.8 Å². The Labute approximate surface area is 74.3 Å². The fourth-order valence-corrected chi connectivity index (χ4v) is 1.04. The Morgan fingerprint density at radius 1 is 1.30 bits per heavy atom. The van der Waals surface area contributed by atoms with Gasteiger partial charge in [0.15, 0.2) is 0 Å². The van der Waals surface area contributed by atoms with Crippen LogP contribution in [-0.4, -0.2) is 30.1 Å². The van der Waals surface area contributed by atoms with Gasteiger partial charge < -0.3 is 12.4 Å². The number of quaternary nitrogens is 1. The molecule has 0 atom stereocenters. The van der Waals surface area contributed by atoms with Gasteiger partial charge >= 0.3 is 0 Å². The smallest absolute Gasteiger partial charge is 0.110 e. The molecule has 0 aromatic rings. The summed E-state index contributed by atoms with van der Waals surface area (Å²) in [5.41, 5.74) is 0. The van der Waals surface area contributed by atoms with E-state index in [0.717, 1.165) is 19.6 Å². The average Bonchev–Trinajstić information content (AvgIpc) is 1.89. The first-order valence-corrected chi connectivity index (χ1v) is 3.92. The first-order valence-electron chi connectivity index (χ1n) is 3.39. The fraction of sp³-hybridized carbons (Fsp3) is 1.00. The molecule has 10 heavy (non-hydrogen) atoms. The van der Waals surface area contributed by atoms with E-state index in [-0.39, 0.29) is 12.4 Å². The Bertz CT molecular complexity index is 74.1. The summed E-state index contributed by atoms with van der Waals surface area (Å²) in [6.07, 6.45) is 0. The van der Waals surface area contributed by atoms with Gasteiger partial charge in [0.1, 0.15) is 6.54 Å². The van der Waals surface area contributed by atoms with Crippen molar-refractivity contribution >= 4 is 11.6 Å². The number of hydrogen-bond acceptors (Lipinski definition) is 1. The van der Waals surface area contributed by atoms with Gasteiger partial charge in [-0.25, -0.2) is 4.59 Å². The quantitative estimate of drug-likeness (QED) is 0.233. The van der Waals surface area contributed by atoms with Crippen molar-refractivity contribution in [3.63, 3.8) is 0 Å². The number of alkyl halides is 1. The van der Waals surface area contributed by atoms with Crippen LogP contribution in [0.3, 0.4) is 0 Å². The zero-order valence-electron chi connectivity index (χ0n) is 6.61. The zero-order chi connectivity index (χ0) is 7.33. The Balaban J connectivity index is 0. The monoisotopic (exact) mass is 186 g/mol. The Hall–Kier alpha value is 0.500. The third-order valence-corrected chi connectivity index (χ3v) is 1.96. The van der Waals surface area contributed by atoms with Gasteiger partial charge in [-0.15, -0.1) is 11.6 Å². The molecular formula is C6H16Cl2N2. The third-order valence-electron chi connectivity index (χ3n) is 1.79. The van der Waals surface area contributed by atoms with E-state index in [9.17, 15) is 0 Å². The van der Waals surface area contributed by atoms with Crippen molar-refractivity contribution in [3.8, 4) is 0 Å². The number of nitrogens with two attached hydrogens (primary N) is 1. The molecule has 0 rings (SSSR count). The van der Waals surface area contributed by atoms with E-state index in [1.165, 1.54) is 0 Å². The molecule has 0 unspecified atom stereocenters. The predicted octanol–water partition coefficient (Wildman–Crippen LogP) is -2.04. The number of nitrogens with zero attached hydrogens (tertiary/aromatic N) is 1. The highest BCUT2D eigenvalue weighted by Gasteiger charge is 2.15. The molecule has 0 aliphatic carbocycles. The van der Waals surface area contributed by atoms with E-state index in [1.807, 2.05) is 0 Å². The Kier molecular flexibility index (Phi) is 8.17. The minimum atomic E-state index is 0. The summed E-state index contributed by atoms with van der Waals surface area (Å²) in [5.74, 6) is 6.51. The highest BCUT2D eigenvalue weighted by molar-refractivity contribution is 6.17. The molecule has 64 valence electrons. The van der Waals surface area contributed by atoms with E-state index in [0.29, 0.717) is 10.5 Å². The second-order valence-electron chi connectivity index (χ2n) is 2.26. The van der Waals surface area contributed by atoms with Crippen molar-refractivity contribution in [3.05, 3.63) is 0 Å². The van der Waals surface area contributed by atoms with Crippen molar-refractivity contribution in [1.29, 1.82) is 0 Å². The lowest BCUT2D eigenvalue weighted by Gasteiger charge is -2.29. The lowest BCUT2D eigenvalue weighted by molar-refractivity contribution is -0.934. The van der Waals surface area contributed by atoms with E-state index in [1.54, 1.807) is 0 Å². The predicted molar refractivity (Wildman–Crippen MR) is 41.1 cm³/mol. The SMILES string of the molecule is CC[N+](N)(CC)CCCl.[Cl-]. The molecule has 0 aliphatic heterocycles. The summed E-state index contributed by atoms with van der Waals surface area (Å²) >= 11 is 5.55. The lowest BCUT2D eigenvalue weighted by atomic mass is 10.5. The van der Waals surface area contributed by atoms with Crippen LogP contribution in [0.25, 0.3) is 0 Å². The van der Waals surface area contributed by atoms with Crippen LogP contribution in [0.15, 0.2) is 0 Å². The third kappa shape index (κ3) is 4.34. The molecule has 0 saturated carbocycles. The van der Waals surface area contributed by atoms with Crippen LogP contribution in [0.2, 0.25) is 0 Å². The average molecular weight is 187 g/mol. The molecule has 0 radical (unpaired) electrons. The standard InChI is InChI=1S/C6H16ClN2.ClH/c1-3-9(8,4-2)6-5-7;/h3-6,8H2,1-2H3;1H/q+1;/p-1. The summed E-state index contributed by atoms with van der Waals surface area (Å²) in [6, 6.07) is 0. The van der Waals surface area contributed by atoms with Crippen molar-refractivity contribution in [2.24, 2.45) is 5.84 Å². The van der Waals surface area contributed by atoms with Crippen LogP contribution in [0, 0.1) is 0 Å². The van der Waals surface area contributed by atoms with Crippen LogP contribution in [0.5, 0.6) is 0 Å². The lowest BCUT2D eigenvalue weighted by Crippen LogP contribution is -3.00. The molecule has 0 fully saturated rings. The minimum Gasteiger partial charge on any atom is -1.00 e. The summed E-state index contributed by atoms with van der Waals surface area (Å²) in [6.45, 7) is 6.95. The van der Waals surface area contributed by atoms with E-state index in [4.69, 9.17) is 17.4 Å². The van der Waals surface area contributed by atoms with Gasteiger partial charge in [-0.2, -0.15) is 5.84 Å². The van der Waals surface area contributed by atoms with E-state index >= 15 is 0 Å². The van der Waals surface area contributed by atoms with E-state index < -0.39 is 0 Å². The molecule has 0 saturated heterocycles. The van der Waals surface area contributed by atoms with Crippen LogP contribution < -0.4 is 18.2 Å². The summed E-state index contributed by atoms with van der Waals surface area (Å²) < 4.78 is 0.601. The van der Waals surface area contributed by atoms with Gasteiger partial charge in [-0.1, -0.05) is 0 Å². The normalized spacial score (nSPS) is 10.8. The molecule has 2 nitrogen and oxygen atoms in total. The van der Waals surface area contributed by atoms with Gasteiger partial charge in [-0.05, 0) is 13.8 Å².